The second-order valence-electron chi connectivity index (χ2n) is 5.05. The van der Waals surface area contributed by atoms with Crippen molar-refractivity contribution >= 4 is 34.3 Å². The number of ether oxygens (including phenoxy) is 2. The summed E-state index contributed by atoms with van der Waals surface area (Å²) in [6, 6.07) is 5.79. The fourth-order valence-corrected chi connectivity index (χ4v) is 2.47. The van der Waals surface area contributed by atoms with Crippen LogP contribution in [0, 0.1) is 3.57 Å². The van der Waals surface area contributed by atoms with Gasteiger partial charge in [-0.05, 0) is 41.6 Å². The van der Waals surface area contributed by atoms with E-state index in [0.717, 1.165) is 14.9 Å². The number of benzene rings is 1. The molecule has 0 aliphatic rings. The van der Waals surface area contributed by atoms with Crippen LogP contribution in [0.4, 0.5) is 0 Å². The number of esters is 1. The van der Waals surface area contributed by atoms with Crippen molar-refractivity contribution in [2.45, 2.75) is 32.6 Å². The maximum absolute atomic E-state index is 11.9. The van der Waals surface area contributed by atoms with Crippen molar-refractivity contribution < 1.29 is 19.1 Å². The van der Waals surface area contributed by atoms with Crippen molar-refractivity contribution in [3.05, 3.63) is 27.3 Å². The van der Waals surface area contributed by atoms with Gasteiger partial charge in [0.1, 0.15) is 5.75 Å². The molecule has 1 aromatic rings. The Morgan fingerprint density at radius 1 is 1.30 bits per heavy atom. The molecular formula is C15H19IO4. The first-order chi connectivity index (χ1) is 9.31. The van der Waals surface area contributed by atoms with Crippen LogP contribution >= 0.6 is 22.6 Å². The highest BCUT2D eigenvalue weighted by atomic mass is 127. The summed E-state index contributed by atoms with van der Waals surface area (Å²) in [5.74, 6) is -0.568. The summed E-state index contributed by atoms with van der Waals surface area (Å²) in [4.78, 5) is 23.3. The van der Waals surface area contributed by atoms with Gasteiger partial charge in [-0.2, -0.15) is 0 Å². The van der Waals surface area contributed by atoms with E-state index in [1.165, 1.54) is 0 Å². The molecule has 0 spiro atoms. The van der Waals surface area contributed by atoms with E-state index in [-0.39, 0.29) is 13.0 Å². The number of rotatable bonds is 6. The molecule has 1 aromatic carbocycles. The van der Waals surface area contributed by atoms with Crippen molar-refractivity contribution in [2.24, 2.45) is 0 Å². The third-order valence-electron chi connectivity index (χ3n) is 3.00. The zero-order chi connectivity index (χ0) is 15.3. The Morgan fingerprint density at radius 3 is 2.50 bits per heavy atom. The molecule has 1 rings (SSSR count). The number of halogens is 1. The van der Waals surface area contributed by atoms with Crippen molar-refractivity contribution in [1.29, 1.82) is 0 Å². The van der Waals surface area contributed by atoms with E-state index in [2.05, 4.69) is 22.6 Å². The lowest BCUT2D eigenvalue weighted by atomic mass is 9.79. The maximum Gasteiger partial charge on any atom is 0.374 e. The van der Waals surface area contributed by atoms with Crippen molar-refractivity contribution in [3.8, 4) is 5.75 Å². The van der Waals surface area contributed by atoms with Gasteiger partial charge in [0.15, 0.2) is 0 Å². The predicted molar refractivity (Wildman–Crippen MR) is 85.0 cm³/mol. The first kappa shape index (κ1) is 16.9. The Balaban J connectivity index is 2.99. The van der Waals surface area contributed by atoms with Gasteiger partial charge < -0.3 is 9.47 Å². The molecular weight excluding hydrogens is 371 g/mol. The second-order valence-corrected chi connectivity index (χ2v) is 6.29. The zero-order valence-corrected chi connectivity index (χ0v) is 14.3. The molecule has 0 unspecified atom stereocenters. The highest BCUT2D eigenvalue weighted by Crippen LogP contribution is 2.35. The van der Waals surface area contributed by atoms with Gasteiger partial charge >= 0.3 is 5.97 Å². The Labute approximate surface area is 133 Å². The highest BCUT2D eigenvalue weighted by Gasteiger charge is 2.30. The minimum atomic E-state index is -0.773. The Kier molecular flexibility index (Phi) is 5.98. The number of hydrogen-bond donors (Lipinski definition) is 0. The molecule has 0 radical (unpaired) electrons. The lowest BCUT2D eigenvalue weighted by molar-refractivity contribution is -0.154. The van der Waals surface area contributed by atoms with Gasteiger partial charge in [-0.25, -0.2) is 4.79 Å². The van der Waals surface area contributed by atoms with Gasteiger partial charge in [0, 0.05) is 21.0 Å². The van der Waals surface area contributed by atoms with Crippen LogP contribution in [0.3, 0.4) is 0 Å². The summed E-state index contributed by atoms with van der Waals surface area (Å²) >= 11 is 2.20. The van der Waals surface area contributed by atoms with Crippen LogP contribution in [0.25, 0.3) is 0 Å². The summed E-state index contributed by atoms with van der Waals surface area (Å²) in [6.45, 7) is 5.71. The van der Waals surface area contributed by atoms with E-state index in [1.54, 1.807) is 14.0 Å². The fourth-order valence-electron chi connectivity index (χ4n) is 2.00. The average Bonchev–Trinajstić information content (AvgIpc) is 2.37. The monoisotopic (exact) mass is 390 g/mol. The van der Waals surface area contributed by atoms with E-state index in [4.69, 9.17) is 9.47 Å². The van der Waals surface area contributed by atoms with Gasteiger partial charge in [-0.3, -0.25) is 4.79 Å². The molecule has 5 heteroatoms. The topological polar surface area (TPSA) is 52.6 Å². The summed E-state index contributed by atoms with van der Waals surface area (Å²) < 4.78 is 11.2. The summed E-state index contributed by atoms with van der Waals surface area (Å²) in [6.07, 6.45) is 0.0861. The normalized spacial score (nSPS) is 11.1. The van der Waals surface area contributed by atoms with Crippen LogP contribution in [0.5, 0.6) is 5.75 Å². The highest BCUT2D eigenvalue weighted by molar-refractivity contribution is 14.1. The van der Waals surface area contributed by atoms with Crippen molar-refractivity contribution in [3.63, 3.8) is 0 Å². The summed E-state index contributed by atoms with van der Waals surface area (Å²) in [7, 11) is 1.60. The Bertz CT molecular complexity index is 509. The van der Waals surface area contributed by atoms with Gasteiger partial charge in [-0.15, -0.1) is 0 Å². The second kappa shape index (κ2) is 7.06. The molecule has 4 nitrogen and oxygen atoms in total. The molecule has 0 saturated carbocycles. The van der Waals surface area contributed by atoms with Crippen LogP contribution < -0.4 is 4.74 Å². The van der Waals surface area contributed by atoms with Crippen molar-refractivity contribution in [1.82, 2.24) is 0 Å². The smallest absolute Gasteiger partial charge is 0.374 e. The summed E-state index contributed by atoms with van der Waals surface area (Å²) in [5.41, 5.74) is 0.401. The standard InChI is InChI=1S/C15H19IO4/c1-5-20-14(18)12(17)9-15(2,3)11-7-6-10(16)8-13(11)19-4/h6-8H,5,9H2,1-4H3. The van der Waals surface area contributed by atoms with Crippen molar-refractivity contribution in [2.75, 3.05) is 13.7 Å². The number of ketones is 1. The molecule has 0 aliphatic heterocycles. The molecule has 0 aliphatic carbocycles. The van der Waals surface area contributed by atoms with Crippen LogP contribution in [0.15, 0.2) is 18.2 Å². The van der Waals surface area contributed by atoms with E-state index < -0.39 is 17.2 Å². The quantitative estimate of drug-likeness (QED) is 0.426. The lowest BCUT2D eigenvalue weighted by Gasteiger charge is -2.26. The van der Waals surface area contributed by atoms with Gasteiger partial charge in [0.25, 0.3) is 0 Å². The molecule has 0 atom stereocenters. The molecule has 0 saturated heterocycles. The van der Waals surface area contributed by atoms with Gasteiger partial charge in [0.05, 0.1) is 13.7 Å². The maximum atomic E-state index is 11.9. The van der Waals surface area contributed by atoms with Crippen LogP contribution in [0.1, 0.15) is 32.8 Å². The number of Topliss-reactive ketones (excluding diaryl/α,β-unsaturated/α-hetero) is 1. The molecule has 0 aromatic heterocycles. The first-order valence-electron chi connectivity index (χ1n) is 6.35. The molecule has 110 valence electrons. The Hall–Kier alpha value is -1.11. The van der Waals surface area contributed by atoms with E-state index in [9.17, 15) is 9.59 Å². The number of carbonyl (C=O) groups is 2. The van der Waals surface area contributed by atoms with E-state index >= 15 is 0 Å². The van der Waals surface area contributed by atoms with Gasteiger partial charge in [-0.1, -0.05) is 19.9 Å². The molecule has 0 amide bonds. The minimum Gasteiger partial charge on any atom is -0.496 e. The van der Waals surface area contributed by atoms with E-state index in [1.807, 2.05) is 32.0 Å². The summed E-state index contributed by atoms with van der Waals surface area (Å²) in [5, 5.41) is 0. The number of hydrogen-bond acceptors (Lipinski definition) is 4. The van der Waals surface area contributed by atoms with Gasteiger partial charge in [0.2, 0.25) is 5.78 Å². The van der Waals surface area contributed by atoms with Crippen LogP contribution in [0.2, 0.25) is 0 Å². The molecule has 0 heterocycles. The molecule has 0 bridgehead atoms. The third kappa shape index (κ3) is 4.19. The zero-order valence-electron chi connectivity index (χ0n) is 12.2. The Morgan fingerprint density at radius 2 is 1.95 bits per heavy atom. The fraction of sp³-hybridized carbons (Fsp3) is 0.467. The number of carbonyl (C=O) groups excluding carboxylic acids is 2. The van der Waals surface area contributed by atoms with E-state index in [0.29, 0.717) is 0 Å². The molecule has 0 fully saturated rings. The number of methoxy groups -OCH3 is 1. The SMILES string of the molecule is CCOC(=O)C(=O)CC(C)(C)c1ccc(I)cc1OC. The lowest BCUT2D eigenvalue weighted by Crippen LogP contribution is -2.28. The minimum absolute atomic E-state index is 0.0861. The van der Waals surface area contributed by atoms with Crippen LogP contribution in [-0.2, 0) is 19.7 Å². The average molecular weight is 390 g/mol. The van der Waals surface area contributed by atoms with Crippen LogP contribution in [-0.4, -0.2) is 25.5 Å². The first-order valence-corrected chi connectivity index (χ1v) is 7.43. The third-order valence-corrected chi connectivity index (χ3v) is 3.67. The molecule has 20 heavy (non-hydrogen) atoms. The largest absolute Gasteiger partial charge is 0.496 e. The molecule has 0 N–H and O–H groups in total. The predicted octanol–water partition coefficient (Wildman–Crippen LogP) is 3.10.